The topological polar surface area (TPSA) is 93.5 Å². The second-order valence-electron chi connectivity index (χ2n) is 6.25. The lowest BCUT2D eigenvalue weighted by molar-refractivity contribution is -0.129. The SMILES string of the molecule is CC(=O)N1CCN(c2ccc(NS(=O)(=O)c3ccccc3C#N)cc2)CC1. The summed E-state index contributed by atoms with van der Waals surface area (Å²) in [5, 5.41) is 9.11. The van der Waals surface area contributed by atoms with Gasteiger partial charge in [0.2, 0.25) is 5.91 Å². The molecule has 0 saturated carbocycles. The average molecular weight is 384 g/mol. The smallest absolute Gasteiger partial charge is 0.263 e. The van der Waals surface area contributed by atoms with Gasteiger partial charge in [0, 0.05) is 44.5 Å². The highest BCUT2D eigenvalue weighted by Gasteiger charge is 2.20. The molecule has 1 amide bonds. The van der Waals surface area contributed by atoms with Gasteiger partial charge in [-0.1, -0.05) is 12.1 Å². The van der Waals surface area contributed by atoms with Crippen LogP contribution in [0.4, 0.5) is 11.4 Å². The minimum Gasteiger partial charge on any atom is -0.368 e. The van der Waals surface area contributed by atoms with Crippen molar-refractivity contribution in [1.82, 2.24) is 4.90 Å². The molecule has 0 bridgehead atoms. The molecule has 0 atom stereocenters. The Labute approximate surface area is 158 Å². The Kier molecular flexibility index (Phi) is 5.33. The molecule has 0 aromatic heterocycles. The van der Waals surface area contributed by atoms with Crippen molar-refractivity contribution in [3.05, 3.63) is 54.1 Å². The number of sulfonamides is 1. The van der Waals surface area contributed by atoms with Gasteiger partial charge >= 0.3 is 0 Å². The Bertz CT molecular complexity index is 973. The van der Waals surface area contributed by atoms with Crippen molar-refractivity contribution in [3.63, 3.8) is 0 Å². The van der Waals surface area contributed by atoms with Crippen LogP contribution in [0.3, 0.4) is 0 Å². The molecular formula is C19H20N4O3S. The predicted molar refractivity (Wildman–Crippen MR) is 103 cm³/mol. The van der Waals surface area contributed by atoms with Crippen LogP contribution < -0.4 is 9.62 Å². The molecule has 0 spiro atoms. The quantitative estimate of drug-likeness (QED) is 0.871. The van der Waals surface area contributed by atoms with E-state index in [1.165, 1.54) is 12.1 Å². The Morgan fingerprint density at radius 2 is 1.67 bits per heavy atom. The number of nitrogens with zero attached hydrogens (tertiary/aromatic N) is 3. The highest BCUT2D eigenvalue weighted by atomic mass is 32.2. The van der Waals surface area contributed by atoms with Crippen LogP contribution in [0.15, 0.2) is 53.4 Å². The number of nitrogens with one attached hydrogen (secondary N) is 1. The first-order chi connectivity index (χ1) is 12.9. The van der Waals surface area contributed by atoms with E-state index in [1.807, 2.05) is 23.1 Å². The predicted octanol–water partition coefficient (Wildman–Crippen LogP) is 2.03. The van der Waals surface area contributed by atoms with Crippen LogP contribution in [-0.2, 0) is 14.8 Å². The average Bonchev–Trinajstić information content (AvgIpc) is 2.68. The zero-order valence-electron chi connectivity index (χ0n) is 14.9. The molecule has 3 rings (SSSR count). The fourth-order valence-corrected chi connectivity index (χ4v) is 4.24. The lowest BCUT2D eigenvalue weighted by Crippen LogP contribution is -2.48. The summed E-state index contributed by atoms with van der Waals surface area (Å²) >= 11 is 0. The summed E-state index contributed by atoms with van der Waals surface area (Å²) in [5.41, 5.74) is 1.50. The standard InChI is InChI=1S/C19H20N4O3S/c1-15(24)22-10-12-23(13-11-22)18-8-6-17(7-9-18)21-27(25,26)19-5-3-2-4-16(19)14-20/h2-9,21H,10-13H2,1H3. The molecule has 1 aliphatic rings. The van der Waals surface area contributed by atoms with Crippen molar-refractivity contribution in [2.75, 3.05) is 35.8 Å². The molecule has 27 heavy (non-hydrogen) atoms. The van der Waals surface area contributed by atoms with Gasteiger partial charge in [-0.25, -0.2) is 8.42 Å². The third kappa shape index (κ3) is 4.20. The fourth-order valence-electron chi connectivity index (χ4n) is 3.02. The fraction of sp³-hybridized carbons (Fsp3) is 0.263. The minimum absolute atomic E-state index is 0.0445. The van der Waals surface area contributed by atoms with E-state index < -0.39 is 10.0 Å². The van der Waals surface area contributed by atoms with Crippen molar-refractivity contribution >= 4 is 27.3 Å². The van der Waals surface area contributed by atoms with Crippen LogP contribution in [-0.4, -0.2) is 45.4 Å². The Morgan fingerprint density at radius 1 is 1.04 bits per heavy atom. The van der Waals surface area contributed by atoms with Crippen molar-refractivity contribution < 1.29 is 13.2 Å². The summed E-state index contributed by atoms with van der Waals surface area (Å²) in [4.78, 5) is 15.3. The van der Waals surface area contributed by atoms with Crippen molar-refractivity contribution in [1.29, 1.82) is 5.26 Å². The van der Waals surface area contributed by atoms with E-state index in [-0.39, 0.29) is 16.4 Å². The Balaban J connectivity index is 1.71. The summed E-state index contributed by atoms with van der Waals surface area (Å²) in [6.45, 7) is 4.39. The number of benzene rings is 2. The van der Waals surface area contributed by atoms with Gasteiger partial charge in [0.05, 0.1) is 5.56 Å². The molecule has 7 nitrogen and oxygen atoms in total. The van der Waals surface area contributed by atoms with Crippen LogP contribution in [0.25, 0.3) is 0 Å². The van der Waals surface area contributed by atoms with Crippen molar-refractivity contribution in [2.24, 2.45) is 0 Å². The summed E-state index contributed by atoms with van der Waals surface area (Å²) in [7, 11) is -3.84. The van der Waals surface area contributed by atoms with E-state index in [2.05, 4.69) is 9.62 Å². The number of anilines is 2. The van der Waals surface area contributed by atoms with Gasteiger partial charge in [0.1, 0.15) is 11.0 Å². The Morgan fingerprint density at radius 3 is 2.26 bits per heavy atom. The van der Waals surface area contributed by atoms with E-state index in [4.69, 9.17) is 5.26 Å². The molecule has 140 valence electrons. The van der Waals surface area contributed by atoms with Crippen molar-refractivity contribution in [3.8, 4) is 6.07 Å². The molecule has 2 aromatic carbocycles. The summed E-state index contributed by atoms with van der Waals surface area (Å²) in [5.74, 6) is 0.0806. The van der Waals surface area contributed by atoms with Gasteiger partial charge in [-0.2, -0.15) is 5.26 Å². The number of rotatable bonds is 4. The molecule has 0 radical (unpaired) electrons. The number of carbonyl (C=O) groups is 1. The summed E-state index contributed by atoms with van der Waals surface area (Å²) < 4.78 is 27.6. The first kappa shape index (κ1) is 18.7. The maximum Gasteiger partial charge on any atom is 0.263 e. The van der Waals surface area contributed by atoms with Gasteiger partial charge in [-0.15, -0.1) is 0 Å². The highest BCUT2D eigenvalue weighted by molar-refractivity contribution is 7.92. The second-order valence-corrected chi connectivity index (χ2v) is 7.90. The third-order valence-corrected chi connectivity index (χ3v) is 5.95. The van der Waals surface area contributed by atoms with E-state index in [9.17, 15) is 13.2 Å². The molecule has 1 saturated heterocycles. The van der Waals surface area contributed by atoms with Gasteiger partial charge in [-0.3, -0.25) is 9.52 Å². The molecule has 8 heteroatoms. The lowest BCUT2D eigenvalue weighted by Gasteiger charge is -2.35. The van der Waals surface area contributed by atoms with Crippen molar-refractivity contribution in [2.45, 2.75) is 11.8 Å². The van der Waals surface area contributed by atoms with Crippen LogP contribution in [0.5, 0.6) is 0 Å². The molecule has 0 aliphatic carbocycles. The molecule has 1 fully saturated rings. The zero-order chi connectivity index (χ0) is 19.4. The number of nitriles is 1. The highest BCUT2D eigenvalue weighted by Crippen LogP contribution is 2.23. The molecule has 1 aliphatic heterocycles. The molecule has 2 aromatic rings. The summed E-state index contributed by atoms with van der Waals surface area (Å²) in [6.07, 6.45) is 0. The maximum atomic E-state index is 12.6. The van der Waals surface area contributed by atoms with Crippen LogP contribution in [0.1, 0.15) is 12.5 Å². The van der Waals surface area contributed by atoms with Crippen LogP contribution >= 0.6 is 0 Å². The minimum atomic E-state index is -3.84. The van der Waals surface area contributed by atoms with E-state index in [0.29, 0.717) is 18.8 Å². The monoisotopic (exact) mass is 384 g/mol. The zero-order valence-corrected chi connectivity index (χ0v) is 15.7. The number of amides is 1. The summed E-state index contributed by atoms with van der Waals surface area (Å²) in [6, 6.07) is 15.1. The molecular weight excluding hydrogens is 364 g/mol. The number of piperazine rings is 1. The van der Waals surface area contributed by atoms with E-state index in [1.54, 1.807) is 31.2 Å². The van der Waals surface area contributed by atoms with Gasteiger partial charge < -0.3 is 9.80 Å². The molecule has 1 N–H and O–H groups in total. The normalized spacial score (nSPS) is 14.5. The first-order valence-electron chi connectivity index (χ1n) is 8.53. The largest absolute Gasteiger partial charge is 0.368 e. The van der Waals surface area contributed by atoms with Crippen LogP contribution in [0, 0.1) is 11.3 Å². The maximum absolute atomic E-state index is 12.6. The Hall–Kier alpha value is -3.05. The third-order valence-electron chi connectivity index (χ3n) is 4.51. The van der Waals surface area contributed by atoms with Crippen LogP contribution in [0.2, 0.25) is 0 Å². The molecule has 0 unspecified atom stereocenters. The number of carbonyl (C=O) groups excluding carboxylic acids is 1. The van der Waals surface area contributed by atoms with E-state index in [0.717, 1.165) is 18.8 Å². The first-order valence-corrected chi connectivity index (χ1v) is 10.0. The number of hydrogen-bond donors (Lipinski definition) is 1. The van der Waals surface area contributed by atoms with Gasteiger partial charge in [0.25, 0.3) is 10.0 Å². The lowest BCUT2D eigenvalue weighted by atomic mass is 10.2. The van der Waals surface area contributed by atoms with E-state index >= 15 is 0 Å². The van der Waals surface area contributed by atoms with Gasteiger partial charge in [-0.05, 0) is 36.4 Å². The second kappa shape index (κ2) is 7.68. The van der Waals surface area contributed by atoms with Gasteiger partial charge in [0.15, 0.2) is 0 Å². The number of hydrogen-bond acceptors (Lipinski definition) is 5. The molecule has 1 heterocycles.